The smallest absolute Gasteiger partial charge is 0.0883 e. The zero-order valence-corrected chi connectivity index (χ0v) is 10.3. The highest BCUT2D eigenvalue weighted by Crippen LogP contribution is 2.34. The highest BCUT2D eigenvalue weighted by molar-refractivity contribution is 7.78. The summed E-state index contributed by atoms with van der Waals surface area (Å²) < 4.78 is 0. The van der Waals surface area contributed by atoms with Gasteiger partial charge in [-0.3, -0.25) is 4.98 Å². The summed E-state index contributed by atoms with van der Waals surface area (Å²) in [5.41, 5.74) is 4.46. The molecule has 1 aromatic heterocycles. The van der Waals surface area contributed by atoms with Crippen molar-refractivity contribution in [2.45, 2.75) is 25.7 Å². The molecule has 0 bridgehead atoms. The van der Waals surface area contributed by atoms with Gasteiger partial charge in [-0.15, -0.1) is 0 Å². The molecule has 0 fully saturated rings. The molecule has 1 aliphatic carbocycles. The van der Waals surface area contributed by atoms with Gasteiger partial charge < -0.3 is 0 Å². The molecule has 3 heteroatoms. The summed E-state index contributed by atoms with van der Waals surface area (Å²) in [6, 6.07) is 8.12. The first-order chi connectivity index (χ1) is 8.40. The van der Waals surface area contributed by atoms with E-state index in [4.69, 9.17) is 17.2 Å². The molecule has 0 atom stereocenters. The van der Waals surface area contributed by atoms with Gasteiger partial charge in [0.2, 0.25) is 0 Å². The third kappa shape index (κ3) is 1.78. The Hall–Kier alpha value is -1.57. The van der Waals surface area contributed by atoms with Crippen LogP contribution >= 0.6 is 12.2 Å². The summed E-state index contributed by atoms with van der Waals surface area (Å²) in [6.07, 6.45) is 4.55. The van der Waals surface area contributed by atoms with E-state index in [-0.39, 0.29) is 0 Å². The minimum Gasteiger partial charge on any atom is -0.252 e. The summed E-state index contributed by atoms with van der Waals surface area (Å²) in [5, 5.41) is 3.60. The van der Waals surface area contributed by atoms with E-state index >= 15 is 0 Å². The number of isothiocyanates is 1. The topological polar surface area (TPSA) is 25.2 Å². The van der Waals surface area contributed by atoms with Crippen molar-refractivity contribution in [1.82, 2.24) is 4.98 Å². The van der Waals surface area contributed by atoms with Gasteiger partial charge in [-0.25, -0.2) is 0 Å². The number of para-hydroxylation sites is 1. The van der Waals surface area contributed by atoms with E-state index in [1.165, 1.54) is 24.1 Å². The third-order valence-corrected chi connectivity index (χ3v) is 3.39. The van der Waals surface area contributed by atoms with E-state index in [1.807, 2.05) is 18.2 Å². The average Bonchev–Trinajstić information content (AvgIpc) is 2.39. The van der Waals surface area contributed by atoms with Gasteiger partial charge in [-0.1, -0.05) is 18.2 Å². The van der Waals surface area contributed by atoms with Crippen molar-refractivity contribution < 1.29 is 0 Å². The first kappa shape index (κ1) is 10.6. The van der Waals surface area contributed by atoms with Crippen LogP contribution in [0.5, 0.6) is 0 Å². The molecule has 0 spiro atoms. The number of aliphatic imine (C=N–C) groups is 1. The SMILES string of the molecule is S=C=Nc1c2c(nc3ccccc13)CCCC2. The summed E-state index contributed by atoms with van der Waals surface area (Å²) in [5.74, 6) is 0. The molecule has 1 heterocycles. The molecule has 0 aliphatic heterocycles. The Labute approximate surface area is 105 Å². The third-order valence-electron chi connectivity index (χ3n) is 3.30. The predicted molar refractivity (Wildman–Crippen MR) is 73.1 cm³/mol. The van der Waals surface area contributed by atoms with Crippen molar-refractivity contribution >= 4 is 34.0 Å². The molecule has 0 N–H and O–H groups in total. The van der Waals surface area contributed by atoms with Gasteiger partial charge in [0.15, 0.2) is 0 Å². The highest BCUT2D eigenvalue weighted by atomic mass is 32.1. The van der Waals surface area contributed by atoms with Gasteiger partial charge in [0, 0.05) is 16.6 Å². The van der Waals surface area contributed by atoms with Crippen molar-refractivity contribution in [1.29, 1.82) is 0 Å². The number of nitrogens with zero attached hydrogens (tertiary/aromatic N) is 2. The van der Waals surface area contributed by atoms with Gasteiger partial charge in [-0.2, -0.15) is 4.99 Å². The van der Waals surface area contributed by atoms with Crippen LogP contribution in [0, 0.1) is 0 Å². The fourth-order valence-corrected chi connectivity index (χ4v) is 2.61. The van der Waals surface area contributed by atoms with Crippen molar-refractivity contribution in [3.05, 3.63) is 35.5 Å². The van der Waals surface area contributed by atoms with Gasteiger partial charge >= 0.3 is 0 Å². The zero-order valence-electron chi connectivity index (χ0n) is 9.44. The maximum Gasteiger partial charge on any atom is 0.0883 e. The number of hydrogen-bond donors (Lipinski definition) is 0. The van der Waals surface area contributed by atoms with Crippen LogP contribution in [0.15, 0.2) is 29.3 Å². The molecular formula is C14H12N2S. The standard InChI is InChI=1S/C14H12N2S/c17-9-15-14-10-5-1-3-7-12(10)16-13-8-4-2-6-11(13)14/h1,3,5,7H,2,4,6,8H2. The quantitative estimate of drug-likeness (QED) is 0.559. The summed E-state index contributed by atoms with van der Waals surface area (Å²) in [7, 11) is 0. The molecule has 0 saturated heterocycles. The largest absolute Gasteiger partial charge is 0.252 e. The van der Waals surface area contributed by atoms with Crippen LogP contribution in [-0.4, -0.2) is 10.1 Å². The molecule has 0 radical (unpaired) electrons. The van der Waals surface area contributed by atoms with Crippen LogP contribution < -0.4 is 0 Å². The van der Waals surface area contributed by atoms with E-state index in [1.54, 1.807) is 0 Å². The Morgan fingerprint density at radius 1 is 1.18 bits per heavy atom. The van der Waals surface area contributed by atoms with Crippen LogP contribution in [0.4, 0.5) is 5.69 Å². The maximum atomic E-state index is 4.76. The van der Waals surface area contributed by atoms with Crippen LogP contribution in [0.25, 0.3) is 10.9 Å². The fourth-order valence-electron chi connectivity index (χ4n) is 2.52. The summed E-state index contributed by atoms with van der Waals surface area (Å²) in [6.45, 7) is 0. The molecule has 17 heavy (non-hydrogen) atoms. The second-order valence-corrected chi connectivity index (χ2v) is 4.50. The molecule has 0 saturated carbocycles. The minimum absolute atomic E-state index is 0.986. The van der Waals surface area contributed by atoms with Gasteiger partial charge in [-0.05, 0) is 44.0 Å². The lowest BCUT2D eigenvalue weighted by Crippen LogP contribution is -2.06. The van der Waals surface area contributed by atoms with Gasteiger partial charge in [0.25, 0.3) is 0 Å². The summed E-state index contributed by atoms with van der Waals surface area (Å²) in [4.78, 5) is 9.01. The average molecular weight is 240 g/mol. The second kappa shape index (κ2) is 4.36. The lowest BCUT2D eigenvalue weighted by molar-refractivity contribution is 0.672. The molecule has 1 aromatic carbocycles. The van der Waals surface area contributed by atoms with Crippen LogP contribution in [0.2, 0.25) is 0 Å². The van der Waals surface area contributed by atoms with E-state index in [0.717, 1.165) is 29.4 Å². The van der Waals surface area contributed by atoms with E-state index < -0.39 is 0 Å². The number of pyridine rings is 1. The van der Waals surface area contributed by atoms with E-state index in [9.17, 15) is 0 Å². The Bertz CT molecular complexity index is 627. The lowest BCUT2D eigenvalue weighted by Gasteiger charge is -2.17. The molecule has 3 rings (SSSR count). The lowest BCUT2D eigenvalue weighted by atomic mass is 9.93. The van der Waals surface area contributed by atoms with Crippen LogP contribution in [0.1, 0.15) is 24.1 Å². The molecule has 84 valence electrons. The molecule has 2 nitrogen and oxygen atoms in total. The number of thiocarbonyl (C=S) groups is 1. The Morgan fingerprint density at radius 3 is 2.88 bits per heavy atom. The van der Waals surface area contributed by atoms with Crippen LogP contribution in [-0.2, 0) is 12.8 Å². The molecule has 0 amide bonds. The number of rotatable bonds is 1. The number of benzene rings is 1. The summed E-state index contributed by atoms with van der Waals surface area (Å²) >= 11 is 4.76. The number of aromatic nitrogens is 1. The molecule has 1 aliphatic rings. The minimum atomic E-state index is 0.986. The highest BCUT2D eigenvalue weighted by Gasteiger charge is 2.17. The van der Waals surface area contributed by atoms with Crippen molar-refractivity contribution in [2.24, 2.45) is 4.99 Å². The Morgan fingerprint density at radius 2 is 2.00 bits per heavy atom. The normalized spacial score (nSPS) is 14.1. The van der Waals surface area contributed by atoms with Crippen LogP contribution in [0.3, 0.4) is 0 Å². The number of hydrogen-bond acceptors (Lipinski definition) is 3. The first-order valence-electron chi connectivity index (χ1n) is 5.88. The van der Waals surface area contributed by atoms with E-state index in [0.29, 0.717) is 0 Å². The molecule has 2 aromatic rings. The number of aryl methyl sites for hydroxylation is 1. The molecule has 0 unspecified atom stereocenters. The Kier molecular flexibility index (Phi) is 2.71. The van der Waals surface area contributed by atoms with Crippen molar-refractivity contribution in [3.8, 4) is 0 Å². The predicted octanol–water partition coefficient (Wildman–Crippen LogP) is 3.85. The molecular weight excluding hydrogens is 228 g/mol. The fraction of sp³-hybridized carbons (Fsp3) is 0.286. The van der Waals surface area contributed by atoms with Gasteiger partial charge in [0.1, 0.15) is 0 Å². The first-order valence-corrected chi connectivity index (χ1v) is 6.29. The maximum absolute atomic E-state index is 4.76. The van der Waals surface area contributed by atoms with E-state index in [2.05, 4.69) is 16.2 Å². The zero-order chi connectivity index (χ0) is 11.7. The monoisotopic (exact) mass is 240 g/mol. The van der Waals surface area contributed by atoms with Crippen molar-refractivity contribution in [3.63, 3.8) is 0 Å². The second-order valence-electron chi connectivity index (χ2n) is 4.31. The Balaban J connectivity index is 2.40. The van der Waals surface area contributed by atoms with Crippen molar-refractivity contribution in [2.75, 3.05) is 0 Å². The van der Waals surface area contributed by atoms with Gasteiger partial charge in [0.05, 0.1) is 16.4 Å². The number of fused-ring (bicyclic) bond motifs is 2.